The number of nitrogens with zero attached hydrogens (tertiary/aromatic N) is 2. The van der Waals surface area contributed by atoms with E-state index in [0.29, 0.717) is 5.82 Å². The zero-order valence-electron chi connectivity index (χ0n) is 8.66. The maximum Gasteiger partial charge on any atom is 0.145 e. The first-order chi connectivity index (χ1) is 7.08. The second-order valence-electron chi connectivity index (χ2n) is 3.62. The maximum absolute atomic E-state index is 13.0. The molecule has 4 heteroatoms. The minimum atomic E-state index is -0.275. The van der Waals surface area contributed by atoms with Crippen molar-refractivity contribution in [3.63, 3.8) is 0 Å². The molecule has 1 unspecified atom stereocenters. The lowest BCUT2D eigenvalue weighted by molar-refractivity contribution is 0.629. The molecule has 15 heavy (non-hydrogen) atoms. The van der Waals surface area contributed by atoms with Crippen LogP contribution in [-0.2, 0) is 0 Å². The predicted octanol–water partition coefficient (Wildman–Crippen LogP) is 2.10. The highest BCUT2D eigenvalue weighted by Gasteiger charge is 2.08. The molecule has 78 valence electrons. The van der Waals surface area contributed by atoms with Crippen molar-refractivity contribution in [2.24, 2.45) is 5.73 Å². The van der Waals surface area contributed by atoms with Gasteiger partial charge in [-0.25, -0.2) is 14.4 Å². The molecule has 2 N–H and O–H groups in total. The average Bonchev–Trinajstić information content (AvgIpc) is 2.18. The number of nitrogens with two attached hydrogens (primary N) is 1. The van der Waals surface area contributed by atoms with E-state index in [2.05, 4.69) is 9.97 Å². The Balaban J connectivity index is 2.73. The zero-order valence-corrected chi connectivity index (χ0v) is 8.66. The molecule has 0 bridgehead atoms. The van der Waals surface area contributed by atoms with E-state index in [1.165, 1.54) is 12.1 Å². The van der Waals surface area contributed by atoms with Crippen LogP contribution >= 0.6 is 0 Å². The Morgan fingerprint density at radius 1 is 1.33 bits per heavy atom. The Morgan fingerprint density at radius 2 is 2.07 bits per heavy atom. The number of fused-ring (bicyclic) bond motifs is 1. The summed E-state index contributed by atoms with van der Waals surface area (Å²) in [5.74, 6) is 0.314. The van der Waals surface area contributed by atoms with Crippen LogP contribution in [-0.4, -0.2) is 9.97 Å². The highest BCUT2D eigenvalue weighted by molar-refractivity contribution is 5.80. The van der Waals surface area contributed by atoms with E-state index in [4.69, 9.17) is 5.73 Å². The Bertz CT molecular complexity index is 508. The molecular formula is C11H12FN3. The third kappa shape index (κ3) is 1.80. The first-order valence-electron chi connectivity index (χ1n) is 4.77. The lowest BCUT2D eigenvalue weighted by Crippen LogP contribution is -2.10. The van der Waals surface area contributed by atoms with E-state index in [0.717, 1.165) is 16.6 Å². The van der Waals surface area contributed by atoms with Gasteiger partial charge in [0.25, 0.3) is 0 Å². The molecule has 2 aromatic rings. The van der Waals surface area contributed by atoms with E-state index in [9.17, 15) is 4.39 Å². The van der Waals surface area contributed by atoms with Crippen LogP contribution in [0.2, 0.25) is 0 Å². The van der Waals surface area contributed by atoms with Gasteiger partial charge in [0.05, 0.1) is 11.6 Å². The fraction of sp³-hybridized carbons (Fsp3) is 0.273. The van der Waals surface area contributed by atoms with Gasteiger partial charge in [-0.2, -0.15) is 0 Å². The molecule has 0 aliphatic carbocycles. The van der Waals surface area contributed by atoms with Gasteiger partial charge in [-0.1, -0.05) is 0 Å². The van der Waals surface area contributed by atoms with Crippen molar-refractivity contribution in [3.05, 3.63) is 35.5 Å². The van der Waals surface area contributed by atoms with Crippen molar-refractivity contribution in [2.45, 2.75) is 19.9 Å². The molecule has 0 aliphatic heterocycles. The van der Waals surface area contributed by atoms with Gasteiger partial charge >= 0.3 is 0 Å². The standard InChI is InChI=1S/C11H12FN3/c1-6(13)11-14-7(2)9-5-8(12)3-4-10(9)15-11/h3-6H,13H2,1-2H3. The number of rotatable bonds is 1. The van der Waals surface area contributed by atoms with Gasteiger partial charge in [0, 0.05) is 11.1 Å². The highest BCUT2D eigenvalue weighted by Crippen LogP contribution is 2.18. The maximum atomic E-state index is 13.0. The van der Waals surface area contributed by atoms with Crippen molar-refractivity contribution in [3.8, 4) is 0 Å². The number of aryl methyl sites for hydroxylation is 1. The summed E-state index contributed by atoms with van der Waals surface area (Å²) in [5.41, 5.74) is 7.19. The number of hydrogen-bond donors (Lipinski definition) is 1. The van der Waals surface area contributed by atoms with Crippen molar-refractivity contribution < 1.29 is 4.39 Å². The Labute approximate surface area is 87.2 Å². The van der Waals surface area contributed by atoms with Crippen molar-refractivity contribution in [1.29, 1.82) is 0 Å². The molecule has 0 fully saturated rings. The number of hydrogen-bond acceptors (Lipinski definition) is 3. The van der Waals surface area contributed by atoms with Gasteiger partial charge in [-0.15, -0.1) is 0 Å². The molecule has 0 aliphatic rings. The third-order valence-electron chi connectivity index (χ3n) is 2.27. The SMILES string of the molecule is Cc1nc(C(C)N)nc2ccc(F)cc12. The molecule has 0 radical (unpaired) electrons. The van der Waals surface area contributed by atoms with Crippen molar-refractivity contribution >= 4 is 10.9 Å². The van der Waals surface area contributed by atoms with Crippen LogP contribution in [0.15, 0.2) is 18.2 Å². The smallest absolute Gasteiger partial charge is 0.145 e. The molecule has 1 heterocycles. The minimum absolute atomic E-state index is 0.210. The summed E-state index contributed by atoms with van der Waals surface area (Å²) in [6.07, 6.45) is 0. The second-order valence-corrected chi connectivity index (χ2v) is 3.62. The summed E-state index contributed by atoms with van der Waals surface area (Å²) < 4.78 is 13.0. The number of aromatic nitrogens is 2. The van der Waals surface area contributed by atoms with Crippen molar-refractivity contribution in [2.75, 3.05) is 0 Å². The van der Waals surface area contributed by atoms with E-state index in [1.807, 2.05) is 13.8 Å². The van der Waals surface area contributed by atoms with Crippen LogP contribution in [0.4, 0.5) is 4.39 Å². The molecule has 3 nitrogen and oxygen atoms in total. The van der Waals surface area contributed by atoms with Crippen LogP contribution < -0.4 is 5.73 Å². The topological polar surface area (TPSA) is 51.8 Å². The largest absolute Gasteiger partial charge is 0.322 e. The zero-order chi connectivity index (χ0) is 11.0. The van der Waals surface area contributed by atoms with Gasteiger partial charge in [0.2, 0.25) is 0 Å². The molecular weight excluding hydrogens is 193 g/mol. The summed E-state index contributed by atoms with van der Waals surface area (Å²) in [5, 5.41) is 0.736. The first kappa shape index (κ1) is 9.98. The summed E-state index contributed by atoms with van der Waals surface area (Å²) in [4.78, 5) is 8.51. The molecule has 0 saturated heterocycles. The summed E-state index contributed by atoms with van der Waals surface area (Å²) in [6.45, 7) is 3.65. The van der Waals surface area contributed by atoms with Crippen LogP contribution in [0.3, 0.4) is 0 Å². The monoisotopic (exact) mass is 205 g/mol. The minimum Gasteiger partial charge on any atom is -0.322 e. The Hall–Kier alpha value is -1.55. The third-order valence-corrected chi connectivity index (χ3v) is 2.27. The van der Waals surface area contributed by atoms with E-state index >= 15 is 0 Å². The average molecular weight is 205 g/mol. The quantitative estimate of drug-likeness (QED) is 0.775. The van der Waals surface area contributed by atoms with Crippen molar-refractivity contribution in [1.82, 2.24) is 9.97 Å². The number of benzene rings is 1. The van der Waals surface area contributed by atoms with Gasteiger partial charge in [0.1, 0.15) is 11.6 Å². The van der Waals surface area contributed by atoms with Crippen LogP contribution in [0.25, 0.3) is 10.9 Å². The molecule has 1 atom stereocenters. The Kier molecular flexibility index (Phi) is 2.36. The van der Waals surface area contributed by atoms with E-state index < -0.39 is 0 Å². The molecule has 0 amide bonds. The normalized spacial score (nSPS) is 13.1. The van der Waals surface area contributed by atoms with Gasteiger partial charge < -0.3 is 5.73 Å². The second kappa shape index (κ2) is 3.55. The van der Waals surface area contributed by atoms with Crippen LogP contribution in [0.5, 0.6) is 0 Å². The van der Waals surface area contributed by atoms with Gasteiger partial charge in [-0.3, -0.25) is 0 Å². The lowest BCUT2D eigenvalue weighted by atomic mass is 10.2. The molecule has 2 rings (SSSR count). The highest BCUT2D eigenvalue weighted by atomic mass is 19.1. The fourth-order valence-corrected chi connectivity index (χ4v) is 1.48. The number of halogens is 1. The summed E-state index contributed by atoms with van der Waals surface area (Å²) in [6, 6.07) is 4.26. The van der Waals surface area contributed by atoms with E-state index in [1.54, 1.807) is 6.07 Å². The predicted molar refractivity (Wildman–Crippen MR) is 56.8 cm³/mol. The van der Waals surface area contributed by atoms with Gasteiger partial charge in [-0.05, 0) is 32.0 Å². The Morgan fingerprint density at radius 3 is 2.73 bits per heavy atom. The lowest BCUT2D eigenvalue weighted by Gasteiger charge is -2.07. The molecule has 0 saturated carbocycles. The van der Waals surface area contributed by atoms with E-state index in [-0.39, 0.29) is 11.9 Å². The fourth-order valence-electron chi connectivity index (χ4n) is 1.48. The van der Waals surface area contributed by atoms with Crippen LogP contribution in [0, 0.1) is 12.7 Å². The summed E-state index contributed by atoms with van der Waals surface area (Å²) >= 11 is 0. The first-order valence-corrected chi connectivity index (χ1v) is 4.77. The summed E-state index contributed by atoms with van der Waals surface area (Å²) in [7, 11) is 0. The van der Waals surface area contributed by atoms with Crippen LogP contribution in [0.1, 0.15) is 24.5 Å². The molecule has 1 aromatic heterocycles. The molecule has 0 spiro atoms. The van der Waals surface area contributed by atoms with Gasteiger partial charge in [0.15, 0.2) is 0 Å². The molecule has 1 aromatic carbocycles.